The zero-order valence-corrected chi connectivity index (χ0v) is 11.5. The van der Waals surface area contributed by atoms with Crippen LogP contribution in [0.2, 0.25) is 0 Å². The number of nitrogens with one attached hydrogen (secondary N) is 1. The highest BCUT2D eigenvalue weighted by atomic mass is 16.5. The highest BCUT2D eigenvalue weighted by molar-refractivity contribution is 5.42. The minimum atomic E-state index is 0.571. The van der Waals surface area contributed by atoms with Crippen LogP contribution in [0.15, 0.2) is 18.2 Å². The topological polar surface area (TPSA) is 30.5 Å². The highest BCUT2D eigenvalue weighted by Gasteiger charge is 2.24. The summed E-state index contributed by atoms with van der Waals surface area (Å²) in [4.78, 5) is 0. The molecule has 2 atom stereocenters. The van der Waals surface area contributed by atoms with Gasteiger partial charge in [0.25, 0.3) is 0 Å². The monoisotopic (exact) mass is 249 g/mol. The van der Waals surface area contributed by atoms with E-state index in [0.717, 1.165) is 11.5 Å². The SMILES string of the molecule is CNC1CCCC(c2cc(OC)ccc2OC)C1. The Hall–Kier alpha value is -1.22. The molecule has 1 aromatic rings. The van der Waals surface area contributed by atoms with E-state index in [1.165, 1.54) is 31.2 Å². The van der Waals surface area contributed by atoms with Crippen LogP contribution in [0.25, 0.3) is 0 Å². The van der Waals surface area contributed by atoms with E-state index in [0.29, 0.717) is 12.0 Å². The van der Waals surface area contributed by atoms with Crippen molar-refractivity contribution in [3.05, 3.63) is 23.8 Å². The third-order valence-electron chi connectivity index (χ3n) is 3.96. The molecule has 0 heterocycles. The van der Waals surface area contributed by atoms with Gasteiger partial charge in [0.05, 0.1) is 14.2 Å². The van der Waals surface area contributed by atoms with Gasteiger partial charge in [-0.15, -0.1) is 0 Å². The lowest BCUT2D eigenvalue weighted by molar-refractivity contribution is 0.340. The van der Waals surface area contributed by atoms with Crippen molar-refractivity contribution in [3.8, 4) is 11.5 Å². The van der Waals surface area contributed by atoms with Gasteiger partial charge < -0.3 is 14.8 Å². The Morgan fingerprint density at radius 2 is 2.00 bits per heavy atom. The summed E-state index contributed by atoms with van der Waals surface area (Å²) in [7, 11) is 5.50. The molecule has 3 heteroatoms. The quantitative estimate of drug-likeness (QED) is 0.890. The first-order chi connectivity index (χ1) is 8.78. The Kier molecular flexibility index (Phi) is 4.48. The first kappa shape index (κ1) is 13.2. The van der Waals surface area contributed by atoms with Crippen molar-refractivity contribution in [3.63, 3.8) is 0 Å². The molecule has 18 heavy (non-hydrogen) atoms. The van der Waals surface area contributed by atoms with Gasteiger partial charge in [-0.05, 0) is 50.4 Å². The highest BCUT2D eigenvalue weighted by Crippen LogP contribution is 2.39. The van der Waals surface area contributed by atoms with E-state index in [2.05, 4.69) is 18.4 Å². The van der Waals surface area contributed by atoms with Crippen LogP contribution >= 0.6 is 0 Å². The molecule has 1 aliphatic carbocycles. The van der Waals surface area contributed by atoms with E-state index in [9.17, 15) is 0 Å². The fraction of sp³-hybridized carbons (Fsp3) is 0.600. The van der Waals surface area contributed by atoms with Crippen LogP contribution < -0.4 is 14.8 Å². The van der Waals surface area contributed by atoms with Gasteiger partial charge in [0.15, 0.2) is 0 Å². The van der Waals surface area contributed by atoms with Crippen molar-refractivity contribution in [2.24, 2.45) is 0 Å². The van der Waals surface area contributed by atoms with Crippen LogP contribution in [0.4, 0.5) is 0 Å². The summed E-state index contributed by atoms with van der Waals surface area (Å²) >= 11 is 0. The minimum Gasteiger partial charge on any atom is -0.497 e. The molecule has 2 rings (SSSR count). The van der Waals surface area contributed by atoms with Gasteiger partial charge >= 0.3 is 0 Å². The van der Waals surface area contributed by atoms with E-state index >= 15 is 0 Å². The molecule has 0 radical (unpaired) electrons. The Labute approximate surface area is 109 Å². The fourth-order valence-corrected chi connectivity index (χ4v) is 2.89. The Morgan fingerprint density at radius 3 is 2.67 bits per heavy atom. The lowest BCUT2D eigenvalue weighted by Gasteiger charge is -2.30. The molecule has 1 fully saturated rings. The van der Waals surface area contributed by atoms with Crippen LogP contribution in [0.5, 0.6) is 11.5 Å². The second-order valence-corrected chi connectivity index (χ2v) is 4.96. The summed E-state index contributed by atoms with van der Waals surface area (Å²) in [6, 6.07) is 6.72. The van der Waals surface area contributed by atoms with Gasteiger partial charge in [-0.1, -0.05) is 6.42 Å². The maximum absolute atomic E-state index is 5.49. The van der Waals surface area contributed by atoms with E-state index in [-0.39, 0.29) is 0 Å². The van der Waals surface area contributed by atoms with Crippen molar-refractivity contribution < 1.29 is 9.47 Å². The molecule has 0 aliphatic heterocycles. The molecule has 0 spiro atoms. The zero-order chi connectivity index (χ0) is 13.0. The number of methoxy groups -OCH3 is 2. The molecule has 1 saturated carbocycles. The van der Waals surface area contributed by atoms with E-state index in [1.54, 1.807) is 14.2 Å². The lowest BCUT2D eigenvalue weighted by atomic mass is 9.81. The third-order valence-corrected chi connectivity index (χ3v) is 3.96. The summed E-state index contributed by atoms with van der Waals surface area (Å²) < 4.78 is 10.8. The Bertz CT molecular complexity index is 392. The van der Waals surface area contributed by atoms with E-state index in [4.69, 9.17) is 9.47 Å². The maximum Gasteiger partial charge on any atom is 0.122 e. The van der Waals surface area contributed by atoms with Crippen molar-refractivity contribution >= 4 is 0 Å². The molecule has 1 N–H and O–H groups in total. The first-order valence-corrected chi connectivity index (χ1v) is 6.67. The summed E-state index contributed by atoms with van der Waals surface area (Å²) in [5.41, 5.74) is 1.29. The smallest absolute Gasteiger partial charge is 0.122 e. The molecule has 0 bridgehead atoms. The molecule has 2 unspecified atom stereocenters. The molecular weight excluding hydrogens is 226 g/mol. The normalized spacial score (nSPS) is 23.7. The van der Waals surface area contributed by atoms with Crippen LogP contribution in [0, 0.1) is 0 Å². The summed E-state index contributed by atoms with van der Waals surface area (Å²) in [5.74, 6) is 2.47. The minimum absolute atomic E-state index is 0.571. The maximum atomic E-state index is 5.49. The van der Waals surface area contributed by atoms with Crippen molar-refractivity contribution in [1.82, 2.24) is 5.32 Å². The van der Waals surface area contributed by atoms with Gasteiger partial charge in [0.2, 0.25) is 0 Å². The van der Waals surface area contributed by atoms with Gasteiger partial charge in [-0.25, -0.2) is 0 Å². The average Bonchev–Trinajstić information content (AvgIpc) is 2.46. The third kappa shape index (κ3) is 2.78. The van der Waals surface area contributed by atoms with E-state index < -0.39 is 0 Å². The molecule has 0 aromatic heterocycles. The van der Waals surface area contributed by atoms with Gasteiger partial charge in [-0.2, -0.15) is 0 Å². The van der Waals surface area contributed by atoms with Crippen LogP contribution in [0.1, 0.15) is 37.2 Å². The van der Waals surface area contributed by atoms with Crippen molar-refractivity contribution in [2.75, 3.05) is 21.3 Å². The van der Waals surface area contributed by atoms with Crippen molar-refractivity contribution in [2.45, 2.75) is 37.6 Å². The first-order valence-electron chi connectivity index (χ1n) is 6.67. The zero-order valence-electron chi connectivity index (χ0n) is 11.5. The van der Waals surface area contributed by atoms with Crippen LogP contribution in [0.3, 0.4) is 0 Å². The second-order valence-electron chi connectivity index (χ2n) is 4.96. The fourth-order valence-electron chi connectivity index (χ4n) is 2.89. The number of rotatable bonds is 4. The largest absolute Gasteiger partial charge is 0.497 e. The predicted octanol–water partition coefficient (Wildman–Crippen LogP) is 2.95. The molecular formula is C15H23NO2. The number of ether oxygens (including phenoxy) is 2. The van der Waals surface area contributed by atoms with Gasteiger partial charge in [0, 0.05) is 11.6 Å². The average molecular weight is 249 g/mol. The van der Waals surface area contributed by atoms with Gasteiger partial charge in [-0.3, -0.25) is 0 Å². The number of hydrogen-bond acceptors (Lipinski definition) is 3. The summed E-state index contributed by atoms with van der Waals surface area (Å²) in [6.45, 7) is 0. The summed E-state index contributed by atoms with van der Waals surface area (Å²) in [5, 5.41) is 3.40. The molecule has 3 nitrogen and oxygen atoms in total. The molecule has 100 valence electrons. The molecule has 0 saturated heterocycles. The second kappa shape index (κ2) is 6.10. The molecule has 1 aliphatic rings. The van der Waals surface area contributed by atoms with Gasteiger partial charge in [0.1, 0.15) is 11.5 Å². The number of benzene rings is 1. The molecule has 0 amide bonds. The Balaban J connectivity index is 2.24. The predicted molar refractivity (Wildman–Crippen MR) is 73.6 cm³/mol. The van der Waals surface area contributed by atoms with E-state index in [1.807, 2.05) is 12.1 Å². The lowest BCUT2D eigenvalue weighted by Crippen LogP contribution is -2.30. The summed E-state index contributed by atoms with van der Waals surface area (Å²) in [6.07, 6.45) is 4.97. The molecule has 1 aromatic carbocycles. The van der Waals surface area contributed by atoms with Crippen LogP contribution in [-0.4, -0.2) is 27.3 Å². The Morgan fingerprint density at radius 1 is 1.17 bits per heavy atom. The van der Waals surface area contributed by atoms with Crippen molar-refractivity contribution in [1.29, 1.82) is 0 Å². The van der Waals surface area contributed by atoms with Crippen LogP contribution in [-0.2, 0) is 0 Å². The number of hydrogen-bond donors (Lipinski definition) is 1. The standard InChI is InChI=1S/C15H23NO2/c1-16-12-6-4-5-11(9-12)14-10-13(17-2)7-8-15(14)18-3/h7-8,10-12,16H,4-6,9H2,1-3H3.